The number of pyridine rings is 1. The van der Waals surface area contributed by atoms with E-state index in [1.165, 1.54) is 18.3 Å². The average Bonchev–Trinajstić information content (AvgIpc) is 3.02. The van der Waals surface area contributed by atoms with Gasteiger partial charge in [-0.2, -0.15) is 13.2 Å². The molecular weight excluding hydrogens is 383 g/mol. The molecule has 2 aromatic heterocycles. The normalized spacial score (nSPS) is 12.8. The minimum atomic E-state index is -4.41. The molecule has 2 N–H and O–H groups in total. The number of hydrogen-bond acceptors (Lipinski definition) is 3. The van der Waals surface area contributed by atoms with Crippen molar-refractivity contribution in [1.82, 2.24) is 15.3 Å². The molecule has 2 heterocycles. The van der Waals surface area contributed by atoms with Crippen molar-refractivity contribution in [3.05, 3.63) is 59.0 Å². The Hall–Kier alpha value is -2.74. The van der Waals surface area contributed by atoms with E-state index in [1.54, 1.807) is 31.3 Å². The number of hydrogen-bond donors (Lipinski definition) is 2. The molecule has 1 aromatic carbocycles. The molecule has 1 atom stereocenters. The Labute approximate surface area is 157 Å². The zero-order valence-electron chi connectivity index (χ0n) is 14.1. The molecule has 0 aliphatic carbocycles. The Kier molecular flexibility index (Phi) is 5.27. The van der Waals surface area contributed by atoms with Crippen LogP contribution in [0.4, 0.5) is 13.2 Å². The molecule has 0 unspecified atom stereocenters. The summed E-state index contributed by atoms with van der Waals surface area (Å²) in [7, 11) is 0. The SMILES string of the molecule is C[C@@H](NC(=O)c1c[nH]c2cc(Cl)ccc12)c1ccc(OCC(F)(F)F)cn1. The van der Waals surface area contributed by atoms with Gasteiger partial charge in [0.1, 0.15) is 5.75 Å². The van der Waals surface area contributed by atoms with E-state index in [9.17, 15) is 18.0 Å². The lowest BCUT2D eigenvalue weighted by Crippen LogP contribution is -2.27. The van der Waals surface area contributed by atoms with E-state index in [4.69, 9.17) is 11.6 Å². The quantitative estimate of drug-likeness (QED) is 0.658. The second-order valence-corrected chi connectivity index (χ2v) is 6.35. The molecule has 9 heteroatoms. The molecule has 0 aliphatic heterocycles. The molecule has 27 heavy (non-hydrogen) atoms. The van der Waals surface area contributed by atoms with Gasteiger partial charge in [-0.3, -0.25) is 9.78 Å². The third kappa shape index (κ3) is 4.71. The van der Waals surface area contributed by atoms with E-state index >= 15 is 0 Å². The molecule has 5 nitrogen and oxygen atoms in total. The Balaban J connectivity index is 1.67. The van der Waals surface area contributed by atoms with E-state index in [-0.39, 0.29) is 11.7 Å². The van der Waals surface area contributed by atoms with E-state index < -0.39 is 18.8 Å². The lowest BCUT2D eigenvalue weighted by Gasteiger charge is -2.14. The van der Waals surface area contributed by atoms with Gasteiger partial charge in [-0.15, -0.1) is 0 Å². The van der Waals surface area contributed by atoms with Gasteiger partial charge in [0.25, 0.3) is 5.91 Å². The monoisotopic (exact) mass is 397 g/mol. The summed E-state index contributed by atoms with van der Waals surface area (Å²) in [4.78, 5) is 19.6. The maximum atomic E-state index is 12.5. The zero-order chi connectivity index (χ0) is 19.6. The van der Waals surface area contributed by atoms with Crippen LogP contribution in [0.5, 0.6) is 5.75 Å². The summed E-state index contributed by atoms with van der Waals surface area (Å²) in [6.45, 7) is 0.340. The van der Waals surface area contributed by atoms with Crippen LogP contribution >= 0.6 is 11.6 Å². The predicted octanol–water partition coefficient (Wildman–Crippen LogP) is 4.65. The number of nitrogens with one attached hydrogen (secondary N) is 2. The van der Waals surface area contributed by atoms with E-state index in [0.29, 0.717) is 16.3 Å². The molecule has 142 valence electrons. The van der Waals surface area contributed by atoms with Crippen molar-refractivity contribution in [3.63, 3.8) is 0 Å². The summed E-state index contributed by atoms with van der Waals surface area (Å²) in [6, 6.07) is 7.60. The van der Waals surface area contributed by atoms with Crippen molar-refractivity contribution in [3.8, 4) is 5.75 Å². The van der Waals surface area contributed by atoms with Crippen LogP contribution < -0.4 is 10.1 Å². The van der Waals surface area contributed by atoms with Crippen molar-refractivity contribution in [2.24, 2.45) is 0 Å². The molecule has 3 aromatic rings. The highest BCUT2D eigenvalue weighted by atomic mass is 35.5. The molecule has 0 aliphatic rings. The predicted molar refractivity (Wildman–Crippen MR) is 95.0 cm³/mol. The highest BCUT2D eigenvalue weighted by Gasteiger charge is 2.28. The van der Waals surface area contributed by atoms with Crippen LogP contribution in [0.1, 0.15) is 29.0 Å². The minimum Gasteiger partial charge on any atom is -0.483 e. The standard InChI is InChI=1S/C18H15ClF3N3O2/c1-10(15-5-3-12(7-23-15)27-9-18(20,21)22)25-17(26)14-8-24-16-6-11(19)2-4-13(14)16/h2-8,10,24H,9H2,1H3,(H,25,26)/t10-/m1/s1. The van der Waals surface area contributed by atoms with Gasteiger partial charge in [0, 0.05) is 22.1 Å². The van der Waals surface area contributed by atoms with Gasteiger partial charge in [-0.25, -0.2) is 0 Å². The number of H-pyrrole nitrogens is 1. The molecule has 0 saturated carbocycles. The lowest BCUT2D eigenvalue weighted by atomic mass is 10.1. The fraction of sp³-hybridized carbons (Fsp3) is 0.222. The molecule has 0 radical (unpaired) electrons. The summed E-state index contributed by atoms with van der Waals surface area (Å²) in [5, 5.41) is 4.09. The van der Waals surface area contributed by atoms with E-state index in [0.717, 1.165) is 10.9 Å². The highest BCUT2D eigenvalue weighted by molar-refractivity contribution is 6.31. The van der Waals surface area contributed by atoms with Crippen LogP contribution in [0.25, 0.3) is 10.9 Å². The smallest absolute Gasteiger partial charge is 0.422 e. The first-order valence-corrected chi connectivity index (χ1v) is 8.34. The van der Waals surface area contributed by atoms with Gasteiger partial charge in [0.15, 0.2) is 6.61 Å². The van der Waals surface area contributed by atoms with Crippen molar-refractivity contribution >= 4 is 28.4 Å². The zero-order valence-corrected chi connectivity index (χ0v) is 14.9. The van der Waals surface area contributed by atoms with Crippen LogP contribution in [-0.4, -0.2) is 28.7 Å². The number of benzene rings is 1. The second-order valence-electron chi connectivity index (χ2n) is 5.91. The number of nitrogens with zero attached hydrogens (tertiary/aromatic N) is 1. The van der Waals surface area contributed by atoms with E-state index in [1.807, 2.05) is 0 Å². The number of rotatable bonds is 5. The summed E-state index contributed by atoms with van der Waals surface area (Å²) in [5.41, 5.74) is 1.69. The maximum Gasteiger partial charge on any atom is 0.422 e. The van der Waals surface area contributed by atoms with Crippen LogP contribution in [0, 0.1) is 0 Å². The molecular formula is C18H15ClF3N3O2. The number of halogens is 4. The van der Waals surface area contributed by atoms with Gasteiger partial charge in [0.05, 0.1) is 23.5 Å². The first-order chi connectivity index (χ1) is 12.7. The summed E-state index contributed by atoms with van der Waals surface area (Å²) in [5.74, 6) is -0.307. The second kappa shape index (κ2) is 7.48. The van der Waals surface area contributed by atoms with Crippen molar-refractivity contribution in [2.45, 2.75) is 19.1 Å². The molecule has 0 bridgehead atoms. The molecule has 0 spiro atoms. The van der Waals surface area contributed by atoms with Gasteiger partial charge >= 0.3 is 6.18 Å². The summed E-state index contributed by atoms with van der Waals surface area (Å²) >= 11 is 5.93. The molecule has 3 rings (SSSR count). The summed E-state index contributed by atoms with van der Waals surface area (Å²) < 4.78 is 41.1. The largest absolute Gasteiger partial charge is 0.483 e. The number of carbonyl (C=O) groups excluding carboxylic acids is 1. The lowest BCUT2D eigenvalue weighted by molar-refractivity contribution is -0.153. The Bertz CT molecular complexity index is 955. The Morgan fingerprint density at radius 1 is 1.33 bits per heavy atom. The van der Waals surface area contributed by atoms with Crippen LogP contribution in [0.3, 0.4) is 0 Å². The first kappa shape index (κ1) is 19.0. The number of alkyl halides is 3. The van der Waals surface area contributed by atoms with Crippen molar-refractivity contribution in [1.29, 1.82) is 0 Å². The van der Waals surface area contributed by atoms with Crippen LogP contribution in [-0.2, 0) is 0 Å². The summed E-state index contributed by atoms with van der Waals surface area (Å²) in [6.07, 6.45) is -1.63. The third-order valence-corrected chi connectivity index (χ3v) is 4.08. The number of carbonyl (C=O) groups is 1. The maximum absolute atomic E-state index is 12.5. The topological polar surface area (TPSA) is 67.0 Å². The fourth-order valence-corrected chi connectivity index (χ4v) is 2.71. The fourth-order valence-electron chi connectivity index (χ4n) is 2.53. The number of ether oxygens (including phenoxy) is 1. The highest BCUT2D eigenvalue weighted by Crippen LogP contribution is 2.23. The molecule has 0 saturated heterocycles. The Morgan fingerprint density at radius 2 is 2.11 bits per heavy atom. The van der Waals surface area contributed by atoms with Crippen LogP contribution in [0.2, 0.25) is 5.02 Å². The van der Waals surface area contributed by atoms with Gasteiger partial charge in [0.2, 0.25) is 0 Å². The van der Waals surface area contributed by atoms with Gasteiger partial charge in [-0.1, -0.05) is 17.7 Å². The minimum absolute atomic E-state index is 0.00288. The molecule has 0 fully saturated rings. The van der Waals surface area contributed by atoms with Crippen LogP contribution in [0.15, 0.2) is 42.7 Å². The van der Waals surface area contributed by atoms with Crippen molar-refractivity contribution in [2.75, 3.05) is 6.61 Å². The Morgan fingerprint density at radius 3 is 2.78 bits per heavy atom. The number of amides is 1. The van der Waals surface area contributed by atoms with Crippen molar-refractivity contribution < 1.29 is 22.7 Å². The molecule has 1 amide bonds. The number of aromatic nitrogens is 2. The van der Waals surface area contributed by atoms with Gasteiger partial charge in [-0.05, 0) is 31.2 Å². The van der Waals surface area contributed by atoms with Gasteiger partial charge < -0.3 is 15.0 Å². The third-order valence-electron chi connectivity index (χ3n) is 3.84. The van der Waals surface area contributed by atoms with E-state index in [2.05, 4.69) is 20.0 Å². The number of fused-ring (bicyclic) bond motifs is 1. The average molecular weight is 398 g/mol. The number of aromatic amines is 1. The first-order valence-electron chi connectivity index (χ1n) is 7.96.